The summed E-state index contributed by atoms with van der Waals surface area (Å²) in [6.45, 7) is 17.2. The molecule has 0 radical (unpaired) electrons. The maximum Gasteiger partial charge on any atom is 0.267 e. The molecule has 0 bridgehead atoms. The molecule has 5 nitrogen and oxygen atoms in total. The number of Topliss-reactive ketones (excluding diaryl/α,β-unsaturated/α-hetero) is 1. The third-order valence-electron chi connectivity index (χ3n) is 14.0. The molecule has 4 aliphatic carbocycles. The van der Waals surface area contributed by atoms with Crippen LogP contribution in [0.15, 0.2) is 23.3 Å². The average molecular weight is 625 g/mol. The van der Waals surface area contributed by atoms with Gasteiger partial charge in [-0.3, -0.25) is 14.4 Å². The first-order chi connectivity index (χ1) is 20.6. The van der Waals surface area contributed by atoms with Crippen molar-refractivity contribution < 1.29 is 23.2 Å². The predicted molar refractivity (Wildman–Crippen MR) is 171 cm³/mol. The van der Waals surface area contributed by atoms with Crippen LogP contribution in [-0.2, 0) is 14.4 Å². The lowest BCUT2D eigenvalue weighted by Gasteiger charge is -2.65. The zero-order chi connectivity index (χ0) is 33.4. The summed E-state index contributed by atoms with van der Waals surface area (Å²) >= 11 is 0. The van der Waals surface area contributed by atoms with Gasteiger partial charge in [0.2, 0.25) is 5.91 Å². The Morgan fingerprint density at radius 1 is 0.933 bits per heavy atom. The molecule has 7 heteroatoms. The standard InChI is InChI=1S/C38H54F2N2O3/c1-32(2)12-9-26-27(43)21-29-35(6)22-25(23-41)31(45)33(3,4)28(35)10-14-37(29,8)36(26,7)18-17-34(5,16-15-32)13-11-30(44)42-20-19-38(39,40)24-42/h21-22,26,28H,9-20,24H2,1-8H3/t26-,28+,34+,35+,36-,37-/m1/s1. The van der Waals surface area contributed by atoms with Crippen LogP contribution in [0, 0.1) is 55.7 Å². The summed E-state index contributed by atoms with van der Waals surface area (Å²) in [7, 11) is 0. The van der Waals surface area contributed by atoms with E-state index in [-0.39, 0.29) is 75.9 Å². The summed E-state index contributed by atoms with van der Waals surface area (Å²) in [6, 6.07) is 2.18. The Morgan fingerprint density at radius 2 is 1.60 bits per heavy atom. The van der Waals surface area contributed by atoms with Crippen molar-refractivity contribution >= 4 is 17.5 Å². The van der Waals surface area contributed by atoms with E-state index in [1.807, 2.05) is 26.0 Å². The van der Waals surface area contributed by atoms with Gasteiger partial charge < -0.3 is 4.90 Å². The molecular formula is C38H54F2N2O3. The molecule has 0 aromatic carbocycles. The molecule has 5 aliphatic rings. The van der Waals surface area contributed by atoms with Gasteiger partial charge in [-0.15, -0.1) is 0 Å². The fourth-order valence-electron chi connectivity index (χ4n) is 10.4. The van der Waals surface area contributed by atoms with E-state index in [1.165, 1.54) is 4.90 Å². The van der Waals surface area contributed by atoms with E-state index in [9.17, 15) is 28.4 Å². The minimum absolute atomic E-state index is 0.00501. The zero-order valence-corrected chi connectivity index (χ0v) is 28.9. The van der Waals surface area contributed by atoms with Crippen molar-refractivity contribution in [1.29, 1.82) is 5.26 Å². The second kappa shape index (κ2) is 10.8. The van der Waals surface area contributed by atoms with Crippen LogP contribution in [0.3, 0.4) is 0 Å². The van der Waals surface area contributed by atoms with E-state index in [1.54, 1.807) is 0 Å². The van der Waals surface area contributed by atoms with Crippen LogP contribution in [0.2, 0.25) is 0 Å². The summed E-state index contributed by atoms with van der Waals surface area (Å²) < 4.78 is 27.7. The predicted octanol–water partition coefficient (Wildman–Crippen LogP) is 8.63. The van der Waals surface area contributed by atoms with Crippen molar-refractivity contribution in [2.75, 3.05) is 13.1 Å². The number of ketones is 2. The zero-order valence-electron chi connectivity index (χ0n) is 28.9. The van der Waals surface area contributed by atoms with Gasteiger partial charge in [-0.2, -0.15) is 5.26 Å². The van der Waals surface area contributed by atoms with E-state index in [0.717, 1.165) is 56.9 Å². The SMILES string of the molecule is CC1(C)CC[C@@H]2C(=O)C=C3[C@@]4(C)C=C(C#N)C(=O)C(C)(C)[C@@H]4CC[C@@]3(C)[C@]2(C)CC[C@@](C)(CCC(=O)N2CCC(F)(F)C2)CC1. The van der Waals surface area contributed by atoms with Gasteiger partial charge >= 0.3 is 0 Å². The molecule has 1 heterocycles. The Morgan fingerprint density at radius 3 is 2.22 bits per heavy atom. The van der Waals surface area contributed by atoms with Crippen LogP contribution < -0.4 is 0 Å². The second-order valence-electron chi connectivity index (χ2n) is 17.8. The number of allylic oxidation sites excluding steroid dienone is 4. The van der Waals surface area contributed by atoms with Crippen molar-refractivity contribution in [2.45, 2.75) is 132 Å². The van der Waals surface area contributed by atoms with Crippen LogP contribution in [-0.4, -0.2) is 41.4 Å². The number of rotatable bonds is 3. The first-order valence-corrected chi connectivity index (χ1v) is 17.2. The number of nitrogens with zero attached hydrogens (tertiary/aromatic N) is 2. The lowest BCUT2D eigenvalue weighted by atomic mass is 9.38. The van der Waals surface area contributed by atoms with Crippen LogP contribution in [0.25, 0.3) is 0 Å². The highest BCUT2D eigenvalue weighted by Gasteiger charge is 2.65. The van der Waals surface area contributed by atoms with Gasteiger partial charge in [0.1, 0.15) is 6.07 Å². The largest absolute Gasteiger partial charge is 0.336 e. The molecule has 0 N–H and O–H groups in total. The van der Waals surface area contributed by atoms with Crippen molar-refractivity contribution in [3.05, 3.63) is 23.3 Å². The van der Waals surface area contributed by atoms with Gasteiger partial charge in [0.05, 0.1) is 12.1 Å². The Hall–Kier alpha value is -2.36. The van der Waals surface area contributed by atoms with E-state index < -0.39 is 23.3 Å². The minimum atomic E-state index is -2.79. The molecule has 1 saturated heterocycles. The van der Waals surface area contributed by atoms with E-state index >= 15 is 0 Å². The Labute approximate surface area is 269 Å². The number of hydrogen-bond donors (Lipinski definition) is 0. The van der Waals surface area contributed by atoms with Crippen molar-refractivity contribution in [1.82, 2.24) is 4.90 Å². The summed E-state index contributed by atoms with van der Waals surface area (Å²) in [5.41, 5.74) is -0.835. The second-order valence-corrected chi connectivity index (χ2v) is 17.8. The highest BCUT2D eigenvalue weighted by molar-refractivity contribution is 6.04. The first-order valence-electron chi connectivity index (χ1n) is 17.2. The number of fused-ring (bicyclic) bond motifs is 5. The normalized spacial score (nSPS) is 40.7. The van der Waals surface area contributed by atoms with E-state index in [4.69, 9.17) is 0 Å². The van der Waals surface area contributed by atoms with Gasteiger partial charge in [-0.05, 0) is 91.4 Å². The van der Waals surface area contributed by atoms with Crippen LogP contribution >= 0.6 is 0 Å². The lowest BCUT2D eigenvalue weighted by Crippen LogP contribution is -2.60. The number of likely N-dealkylation sites (tertiary alicyclic amines) is 1. The first kappa shape index (κ1) is 34.0. The molecule has 45 heavy (non-hydrogen) atoms. The van der Waals surface area contributed by atoms with Gasteiger partial charge in [-0.1, -0.05) is 67.0 Å². The molecule has 0 aromatic heterocycles. The average Bonchev–Trinajstić information content (AvgIpc) is 3.32. The van der Waals surface area contributed by atoms with Gasteiger partial charge in [0.15, 0.2) is 11.6 Å². The number of carbonyl (C=O) groups is 3. The minimum Gasteiger partial charge on any atom is -0.336 e. The summed E-state index contributed by atoms with van der Waals surface area (Å²) in [4.78, 5) is 42.1. The molecule has 3 fully saturated rings. The number of hydrogen-bond acceptors (Lipinski definition) is 4. The van der Waals surface area contributed by atoms with Crippen molar-refractivity contribution in [2.24, 2.45) is 44.3 Å². The van der Waals surface area contributed by atoms with Crippen LogP contribution in [0.5, 0.6) is 0 Å². The molecule has 2 saturated carbocycles. The van der Waals surface area contributed by atoms with Crippen molar-refractivity contribution in [3.63, 3.8) is 0 Å². The molecule has 248 valence electrons. The summed E-state index contributed by atoms with van der Waals surface area (Å²) in [5, 5.41) is 9.98. The Balaban J connectivity index is 1.51. The smallest absolute Gasteiger partial charge is 0.267 e. The van der Waals surface area contributed by atoms with E-state index in [0.29, 0.717) is 6.42 Å². The maximum absolute atomic E-state index is 14.3. The van der Waals surface area contributed by atoms with Crippen molar-refractivity contribution in [3.8, 4) is 6.07 Å². The third-order valence-corrected chi connectivity index (χ3v) is 14.0. The van der Waals surface area contributed by atoms with Gasteiger partial charge in [0, 0.05) is 36.1 Å². The topological polar surface area (TPSA) is 78.2 Å². The monoisotopic (exact) mass is 624 g/mol. The van der Waals surface area contributed by atoms with Gasteiger partial charge in [0.25, 0.3) is 5.92 Å². The molecule has 0 aromatic rings. The van der Waals surface area contributed by atoms with E-state index in [2.05, 4.69) is 47.6 Å². The van der Waals surface area contributed by atoms with Gasteiger partial charge in [-0.25, -0.2) is 8.78 Å². The number of carbonyl (C=O) groups excluding carboxylic acids is 3. The lowest BCUT2D eigenvalue weighted by molar-refractivity contribution is -0.139. The fraction of sp³-hybridized carbons (Fsp3) is 0.789. The highest BCUT2D eigenvalue weighted by Crippen LogP contribution is 2.70. The third kappa shape index (κ3) is 5.54. The highest BCUT2D eigenvalue weighted by atomic mass is 19.3. The van der Waals surface area contributed by atoms with Crippen LogP contribution in [0.1, 0.15) is 126 Å². The number of alkyl halides is 2. The number of amides is 1. The molecule has 0 unspecified atom stereocenters. The fourth-order valence-corrected chi connectivity index (χ4v) is 10.4. The summed E-state index contributed by atoms with van der Waals surface area (Å²) in [6.07, 6.45) is 11.5. The number of halogens is 2. The Kier molecular flexibility index (Phi) is 8.19. The van der Waals surface area contributed by atoms with Crippen LogP contribution in [0.4, 0.5) is 8.78 Å². The quantitative estimate of drug-likeness (QED) is 0.315. The maximum atomic E-state index is 14.3. The summed E-state index contributed by atoms with van der Waals surface area (Å²) in [5.74, 6) is -3.06. The Bertz CT molecular complexity index is 1390. The molecule has 0 spiro atoms. The molecule has 1 aliphatic heterocycles. The molecule has 6 atom stereocenters. The molecular weight excluding hydrogens is 570 g/mol. The molecule has 5 rings (SSSR count). The molecule has 1 amide bonds. The number of nitriles is 1.